The van der Waals surface area contributed by atoms with E-state index in [0.717, 1.165) is 0 Å². The van der Waals surface area contributed by atoms with Crippen LogP contribution in [0, 0.1) is 0 Å². The van der Waals surface area contributed by atoms with Crippen LogP contribution in [-0.4, -0.2) is 11.2 Å². The minimum atomic E-state index is -3.68. The summed E-state index contributed by atoms with van der Waals surface area (Å²) in [5, 5.41) is 0. The predicted molar refractivity (Wildman–Crippen MR) is 76.4 cm³/mol. The number of benzene rings is 1. The van der Waals surface area contributed by atoms with E-state index in [1.54, 1.807) is 65.8 Å². The molecule has 1 aromatic carbocycles. The molecule has 0 radical (unpaired) electrons. The normalized spacial score (nSPS) is 13.4. The van der Waals surface area contributed by atoms with Gasteiger partial charge in [-0.3, -0.25) is 9.05 Å². The van der Waals surface area contributed by atoms with E-state index in [2.05, 4.69) is 0 Å². The number of rotatable bonds is 4. The molecule has 0 atom stereocenters. The monoisotopic (exact) mass is 286 g/mol. The first-order valence-corrected chi connectivity index (χ1v) is 7.71. The molecular formula is C14H23O4P. The molecule has 0 aliphatic heterocycles. The van der Waals surface area contributed by atoms with Crippen molar-refractivity contribution in [3.63, 3.8) is 0 Å². The molecule has 108 valence electrons. The lowest BCUT2D eigenvalue weighted by atomic mass is 10.2. The van der Waals surface area contributed by atoms with Crippen molar-refractivity contribution in [2.45, 2.75) is 52.7 Å². The summed E-state index contributed by atoms with van der Waals surface area (Å²) < 4.78 is 29.2. The van der Waals surface area contributed by atoms with Gasteiger partial charge in [-0.1, -0.05) is 18.2 Å². The van der Waals surface area contributed by atoms with Gasteiger partial charge in [0.2, 0.25) is 0 Å². The number of para-hydroxylation sites is 1. The van der Waals surface area contributed by atoms with Crippen LogP contribution in [0.25, 0.3) is 0 Å². The number of phosphoric acid groups is 1. The number of phosphoric ester groups is 1. The highest BCUT2D eigenvalue weighted by Crippen LogP contribution is 2.55. The maximum absolute atomic E-state index is 12.7. The molecule has 0 heterocycles. The van der Waals surface area contributed by atoms with Gasteiger partial charge in [-0.05, 0) is 53.7 Å². The van der Waals surface area contributed by atoms with E-state index in [4.69, 9.17) is 13.6 Å². The standard InChI is InChI=1S/C14H23O4P/c1-13(2,3)17-19(15,18-14(4,5)6)16-12-10-8-7-9-11-12/h7-11H,1-6H3. The van der Waals surface area contributed by atoms with Crippen LogP contribution in [0.4, 0.5) is 0 Å². The lowest BCUT2D eigenvalue weighted by molar-refractivity contribution is 0.0224. The van der Waals surface area contributed by atoms with Gasteiger partial charge in [-0.2, -0.15) is 0 Å². The highest BCUT2D eigenvalue weighted by Gasteiger charge is 2.38. The van der Waals surface area contributed by atoms with Gasteiger partial charge in [0.25, 0.3) is 0 Å². The van der Waals surface area contributed by atoms with Gasteiger partial charge in [0, 0.05) is 0 Å². The zero-order valence-corrected chi connectivity index (χ0v) is 13.4. The molecule has 1 rings (SSSR count). The molecule has 0 N–H and O–H groups in total. The molecule has 0 aliphatic rings. The Hall–Kier alpha value is -0.830. The van der Waals surface area contributed by atoms with E-state index in [9.17, 15) is 4.57 Å². The highest BCUT2D eigenvalue weighted by molar-refractivity contribution is 7.49. The first-order valence-electron chi connectivity index (χ1n) is 6.25. The summed E-state index contributed by atoms with van der Waals surface area (Å²) in [4.78, 5) is 0. The zero-order valence-electron chi connectivity index (χ0n) is 12.5. The van der Waals surface area contributed by atoms with Crippen molar-refractivity contribution in [1.29, 1.82) is 0 Å². The maximum atomic E-state index is 12.7. The van der Waals surface area contributed by atoms with Crippen molar-refractivity contribution in [3.05, 3.63) is 30.3 Å². The molecular weight excluding hydrogens is 263 g/mol. The van der Waals surface area contributed by atoms with Crippen LogP contribution in [0.5, 0.6) is 5.75 Å². The fraction of sp³-hybridized carbons (Fsp3) is 0.571. The maximum Gasteiger partial charge on any atom is 0.531 e. The van der Waals surface area contributed by atoms with Crippen LogP contribution < -0.4 is 4.52 Å². The SMILES string of the molecule is CC(C)(C)OP(=O)(Oc1ccccc1)OC(C)(C)C. The summed E-state index contributed by atoms with van der Waals surface area (Å²) in [6, 6.07) is 8.88. The van der Waals surface area contributed by atoms with Gasteiger partial charge in [0.05, 0.1) is 11.2 Å². The van der Waals surface area contributed by atoms with Crippen LogP contribution in [0.1, 0.15) is 41.5 Å². The lowest BCUT2D eigenvalue weighted by Crippen LogP contribution is -2.25. The predicted octanol–water partition coefficient (Wildman–Crippen LogP) is 4.80. The molecule has 1 aromatic rings. The number of hydrogen-bond acceptors (Lipinski definition) is 4. The first-order chi connectivity index (χ1) is 8.49. The van der Waals surface area contributed by atoms with Crippen molar-refractivity contribution in [2.75, 3.05) is 0 Å². The fourth-order valence-electron chi connectivity index (χ4n) is 1.34. The van der Waals surface area contributed by atoms with E-state index in [0.29, 0.717) is 5.75 Å². The molecule has 0 spiro atoms. The molecule has 0 saturated carbocycles. The van der Waals surface area contributed by atoms with Crippen LogP contribution in [0.15, 0.2) is 30.3 Å². The molecule has 4 nitrogen and oxygen atoms in total. The van der Waals surface area contributed by atoms with Crippen molar-refractivity contribution in [3.8, 4) is 5.75 Å². The second-order valence-corrected chi connectivity index (χ2v) is 7.70. The molecule has 0 fully saturated rings. The third kappa shape index (κ3) is 6.76. The Kier molecular flexibility index (Phi) is 4.83. The average molecular weight is 286 g/mol. The van der Waals surface area contributed by atoms with Crippen LogP contribution in [0.2, 0.25) is 0 Å². The third-order valence-corrected chi connectivity index (χ3v) is 3.71. The quantitative estimate of drug-likeness (QED) is 0.745. The smallest absolute Gasteiger partial charge is 0.404 e. The Bertz CT molecular complexity index is 423. The van der Waals surface area contributed by atoms with Crippen LogP contribution >= 0.6 is 7.82 Å². The Morgan fingerprint density at radius 2 is 1.26 bits per heavy atom. The summed E-state index contributed by atoms with van der Waals surface area (Å²) in [6.07, 6.45) is 0. The summed E-state index contributed by atoms with van der Waals surface area (Å²) >= 11 is 0. The Labute approximate surface area is 115 Å². The van der Waals surface area contributed by atoms with Crippen LogP contribution in [-0.2, 0) is 13.6 Å². The Balaban J connectivity index is 2.96. The Morgan fingerprint density at radius 1 is 0.842 bits per heavy atom. The van der Waals surface area contributed by atoms with E-state index in [1.807, 2.05) is 6.07 Å². The molecule has 0 amide bonds. The van der Waals surface area contributed by atoms with Crippen LogP contribution in [0.3, 0.4) is 0 Å². The Morgan fingerprint density at radius 3 is 1.63 bits per heavy atom. The van der Waals surface area contributed by atoms with Gasteiger partial charge >= 0.3 is 7.82 Å². The third-order valence-electron chi connectivity index (χ3n) is 1.73. The van der Waals surface area contributed by atoms with E-state index >= 15 is 0 Å². The van der Waals surface area contributed by atoms with Gasteiger partial charge in [0.1, 0.15) is 5.75 Å². The lowest BCUT2D eigenvalue weighted by Gasteiger charge is -2.30. The van der Waals surface area contributed by atoms with E-state index in [1.165, 1.54) is 0 Å². The molecule has 0 bridgehead atoms. The molecule has 0 aromatic heterocycles. The minimum Gasteiger partial charge on any atom is -0.404 e. The van der Waals surface area contributed by atoms with E-state index in [-0.39, 0.29) is 0 Å². The van der Waals surface area contributed by atoms with Crippen molar-refractivity contribution < 1.29 is 18.1 Å². The fourth-order valence-corrected chi connectivity index (χ4v) is 3.17. The van der Waals surface area contributed by atoms with Gasteiger partial charge < -0.3 is 4.52 Å². The van der Waals surface area contributed by atoms with Crippen molar-refractivity contribution in [1.82, 2.24) is 0 Å². The molecule has 0 aliphatic carbocycles. The van der Waals surface area contributed by atoms with Gasteiger partial charge in [0.15, 0.2) is 0 Å². The molecule has 0 saturated heterocycles. The second-order valence-electron chi connectivity index (χ2n) is 6.26. The van der Waals surface area contributed by atoms with E-state index < -0.39 is 19.0 Å². The van der Waals surface area contributed by atoms with Crippen molar-refractivity contribution >= 4 is 7.82 Å². The first kappa shape index (κ1) is 16.2. The number of hydrogen-bond donors (Lipinski definition) is 0. The highest BCUT2D eigenvalue weighted by atomic mass is 31.2. The average Bonchev–Trinajstić information content (AvgIpc) is 2.11. The summed E-state index contributed by atoms with van der Waals surface area (Å²) in [7, 11) is -3.68. The topological polar surface area (TPSA) is 44.8 Å². The zero-order chi connectivity index (χ0) is 14.7. The molecule has 19 heavy (non-hydrogen) atoms. The minimum absolute atomic E-state index is 0.458. The largest absolute Gasteiger partial charge is 0.531 e. The van der Waals surface area contributed by atoms with Gasteiger partial charge in [-0.15, -0.1) is 0 Å². The van der Waals surface area contributed by atoms with Gasteiger partial charge in [-0.25, -0.2) is 4.57 Å². The summed E-state index contributed by atoms with van der Waals surface area (Å²) in [5.41, 5.74) is -1.26. The summed E-state index contributed by atoms with van der Waals surface area (Å²) in [5.74, 6) is 0.458. The molecule has 5 heteroatoms. The molecule has 0 unspecified atom stereocenters. The van der Waals surface area contributed by atoms with Crippen molar-refractivity contribution in [2.24, 2.45) is 0 Å². The summed E-state index contributed by atoms with van der Waals surface area (Å²) in [6.45, 7) is 10.8. The second kappa shape index (κ2) is 5.66.